The topological polar surface area (TPSA) is 87.0 Å². The second kappa shape index (κ2) is 8.69. The molecule has 3 aromatic rings. The summed E-state index contributed by atoms with van der Waals surface area (Å²) in [5.74, 6) is 0.524. The van der Waals surface area contributed by atoms with Crippen molar-refractivity contribution in [1.82, 2.24) is 4.98 Å². The Balaban J connectivity index is 1.67. The number of amides is 1. The van der Waals surface area contributed by atoms with Gasteiger partial charge in [0.1, 0.15) is 5.75 Å². The molecule has 0 saturated heterocycles. The van der Waals surface area contributed by atoms with Gasteiger partial charge in [0.2, 0.25) is 0 Å². The van der Waals surface area contributed by atoms with E-state index in [1.807, 2.05) is 44.2 Å². The van der Waals surface area contributed by atoms with Gasteiger partial charge in [-0.25, -0.2) is 0 Å². The van der Waals surface area contributed by atoms with Crippen molar-refractivity contribution < 1.29 is 9.53 Å². The number of anilines is 3. The summed E-state index contributed by atoms with van der Waals surface area (Å²) in [6, 6.07) is 18.0. The van der Waals surface area contributed by atoms with Crippen LogP contribution in [-0.2, 0) is 0 Å². The molecule has 0 unspecified atom stereocenters. The van der Waals surface area contributed by atoms with Crippen molar-refractivity contribution >= 4 is 23.0 Å². The maximum Gasteiger partial charge on any atom is 0.257 e. The molecule has 1 aromatic heterocycles. The van der Waals surface area contributed by atoms with Gasteiger partial charge >= 0.3 is 0 Å². The Labute approximate surface area is 163 Å². The smallest absolute Gasteiger partial charge is 0.257 e. The van der Waals surface area contributed by atoms with Gasteiger partial charge in [-0.15, -0.1) is 0 Å². The van der Waals surface area contributed by atoms with Gasteiger partial charge in [-0.05, 0) is 68.4 Å². The monoisotopic (exact) mass is 372 g/mol. The molecule has 0 aliphatic rings. The highest BCUT2D eigenvalue weighted by Crippen LogP contribution is 2.21. The van der Waals surface area contributed by atoms with Gasteiger partial charge in [-0.1, -0.05) is 0 Å². The van der Waals surface area contributed by atoms with Crippen LogP contribution in [0.15, 0.2) is 67.0 Å². The van der Waals surface area contributed by atoms with Crippen molar-refractivity contribution in [3.05, 3.63) is 78.1 Å². The third-order valence-electron chi connectivity index (χ3n) is 3.79. The zero-order valence-corrected chi connectivity index (χ0v) is 15.6. The number of nitrogens with one attached hydrogen (secondary N) is 2. The highest BCUT2D eigenvalue weighted by Gasteiger charge is 2.08. The van der Waals surface area contributed by atoms with E-state index in [2.05, 4.69) is 15.6 Å². The first-order valence-corrected chi connectivity index (χ1v) is 8.84. The molecule has 0 saturated carbocycles. The highest BCUT2D eigenvalue weighted by atomic mass is 16.5. The molecule has 2 aromatic carbocycles. The number of pyridine rings is 1. The Hall–Kier alpha value is -3.85. The van der Waals surface area contributed by atoms with Crippen LogP contribution in [0.1, 0.15) is 29.8 Å². The number of aromatic nitrogens is 1. The Morgan fingerprint density at radius 1 is 1.00 bits per heavy atom. The van der Waals surface area contributed by atoms with Crippen LogP contribution in [0.2, 0.25) is 0 Å². The van der Waals surface area contributed by atoms with Gasteiger partial charge < -0.3 is 15.4 Å². The number of nitriles is 1. The summed E-state index contributed by atoms with van der Waals surface area (Å²) in [5, 5.41) is 14.9. The Morgan fingerprint density at radius 2 is 1.68 bits per heavy atom. The van der Waals surface area contributed by atoms with E-state index in [9.17, 15) is 4.79 Å². The molecule has 1 amide bonds. The molecule has 6 heteroatoms. The molecule has 28 heavy (non-hydrogen) atoms. The SMILES string of the molecule is CC(C)Oc1ccc(Nc2cncc(C(=O)Nc3ccc(C#N)cc3)c2)cc1. The van der Waals surface area contributed by atoms with E-state index in [0.29, 0.717) is 22.5 Å². The summed E-state index contributed by atoms with van der Waals surface area (Å²) >= 11 is 0. The second-order valence-corrected chi connectivity index (χ2v) is 6.42. The summed E-state index contributed by atoms with van der Waals surface area (Å²) in [7, 11) is 0. The molecule has 0 spiro atoms. The maximum absolute atomic E-state index is 12.5. The van der Waals surface area contributed by atoms with Crippen LogP contribution in [0.3, 0.4) is 0 Å². The lowest BCUT2D eigenvalue weighted by Gasteiger charge is -2.11. The van der Waals surface area contributed by atoms with Crippen LogP contribution in [0, 0.1) is 11.3 Å². The first-order chi connectivity index (χ1) is 13.5. The molecular formula is C22H20N4O2. The summed E-state index contributed by atoms with van der Waals surface area (Å²) in [5.41, 5.74) is 3.14. The summed E-state index contributed by atoms with van der Waals surface area (Å²) in [6.45, 7) is 3.96. The third kappa shape index (κ3) is 5.08. The van der Waals surface area contributed by atoms with Gasteiger partial charge in [0.15, 0.2) is 0 Å². The van der Waals surface area contributed by atoms with Gasteiger partial charge in [-0.3, -0.25) is 9.78 Å². The molecule has 0 aliphatic heterocycles. The van der Waals surface area contributed by atoms with Crippen LogP contribution >= 0.6 is 0 Å². The standard InChI is InChI=1S/C22H20N4O2/c1-15(2)28-21-9-7-18(8-10-21)25-20-11-17(13-24-14-20)22(27)26-19-5-3-16(12-23)4-6-19/h3-11,13-15,25H,1-2H3,(H,26,27). The van der Waals surface area contributed by atoms with E-state index in [1.165, 1.54) is 6.20 Å². The lowest BCUT2D eigenvalue weighted by atomic mass is 10.2. The fraction of sp³-hybridized carbons (Fsp3) is 0.136. The van der Waals surface area contributed by atoms with Crippen molar-refractivity contribution in [2.24, 2.45) is 0 Å². The van der Waals surface area contributed by atoms with E-state index in [-0.39, 0.29) is 12.0 Å². The number of carbonyl (C=O) groups excluding carboxylic acids is 1. The lowest BCUT2D eigenvalue weighted by Crippen LogP contribution is -2.12. The van der Waals surface area contributed by atoms with Crippen LogP contribution < -0.4 is 15.4 Å². The van der Waals surface area contributed by atoms with Gasteiger partial charge in [0.05, 0.1) is 35.2 Å². The van der Waals surface area contributed by atoms with Gasteiger partial charge in [0.25, 0.3) is 5.91 Å². The maximum atomic E-state index is 12.5. The van der Waals surface area contributed by atoms with E-state index < -0.39 is 0 Å². The predicted molar refractivity (Wildman–Crippen MR) is 109 cm³/mol. The van der Waals surface area contributed by atoms with Crippen LogP contribution in [0.5, 0.6) is 5.75 Å². The Kier molecular flexibility index (Phi) is 5.87. The zero-order valence-electron chi connectivity index (χ0n) is 15.6. The number of carbonyl (C=O) groups is 1. The summed E-state index contributed by atoms with van der Waals surface area (Å²) in [4.78, 5) is 16.6. The molecule has 0 aliphatic carbocycles. The van der Waals surface area contributed by atoms with Crippen molar-refractivity contribution in [3.63, 3.8) is 0 Å². The minimum atomic E-state index is -0.276. The number of rotatable bonds is 6. The van der Waals surface area contributed by atoms with Crippen LogP contribution in [0.4, 0.5) is 17.1 Å². The molecule has 6 nitrogen and oxygen atoms in total. The van der Waals surface area contributed by atoms with E-state index in [1.54, 1.807) is 36.5 Å². The second-order valence-electron chi connectivity index (χ2n) is 6.42. The van der Waals surface area contributed by atoms with E-state index in [4.69, 9.17) is 10.00 Å². The molecule has 0 bridgehead atoms. The minimum absolute atomic E-state index is 0.120. The number of nitrogens with zero attached hydrogens (tertiary/aromatic N) is 2. The van der Waals surface area contributed by atoms with Crippen molar-refractivity contribution in [3.8, 4) is 11.8 Å². The quantitative estimate of drug-likeness (QED) is 0.653. The van der Waals surface area contributed by atoms with E-state index in [0.717, 1.165) is 11.4 Å². The first kappa shape index (κ1) is 18.9. The van der Waals surface area contributed by atoms with Gasteiger partial charge in [0, 0.05) is 17.6 Å². The minimum Gasteiger partial charge on any atom is -0.491 e. The molecule has 2 N–H and O–H groups in total. The van der Waals surface area contributed by atoms with Crippen molar-refractivity contribution in [2.45, 2.75) is 20.0 Å². The fourth-order valence-electron chi connectivity index (χ4n) is 2.52. The average molecular weight is 372 g/mol. The number of hydrogen-bond acceptors (Lipinski definition) is 5. The van der Waals surface area contributed by atoms with Crippen LogP contribution in [-0.4, -0.2) is 17.0 Å². The average Bonchev–Trinajstić information content (AvgIpc) is 2.70. The molecule has 0 radical (unpaired) electrons. The zero-order chi connectivity index (χ0) is 19.9. The third-order valence-corrected chi connectivity index (χ3v) is 3.79. The van der Waals surface area contributed by atoms with E-state index >= 15 is 0 Å². The number of ether oxygens (including phenoxy) is 1. The largest absolute Gasteiger partial charge is 0.491 e. The summed E-state index contributed by atoms with van der Waals surface area (Å²) in [6.07, 6.45) is 3.27. The molecular weight excluding hydrogens is 352 g/mol. The fourth-order valence-corrected chi connectivity index (χ4v) is 2.52. The Bertz CT molecular complexity index is 990. The molecule has 0 atom stereocenters. The van der Waals surface area contributed by atoms with Crippen molar-refractivity contribution in [1.29, 1.82) is 5.26 Å². The summed E-state index contributed by atoms with van der Waals surface area (Å²) < 4.78 is 5.63. The molecule has 140 valence electrons. The van der Waals surface area contributed by atoms with Gasteiger partial charge in [-0.2, -0.15) is 5.26 Å². The Morgan fingerprint density at radius 3 is 2.32 bits per heavy atom. The molecule has 1 heterocycles. The number of benzene rings is 2. The normalized spacial score (nSPS) is 10.2. The molecule has 3 rings (SSSR count). The number of hydrogen-bond donors (Lipinski definition) is 2. The highest BCUT2D eigenvalue weighted by molar-refractivity contribution is 6.04. The predicted octanol–water partition coefficient (Wildman–Crippen LogP) is 4.74. The van der Waals surface area contributed by atoms with Crippen molar-refractivity contribution in [2.75, 3.05) is 10.6 Å². The molecule has 0 fully saturated rings. The first-order valence-electron chi connectivity index (χ1n) is 8.84. The van der Waals surface area contributed by atoms with Crippen LogP contribution in [0.25, 0.3) is 0 Å². The lowest BCUT2D eigenvalue weighted by molar-refractivity contribution is 0.102.